The molecule has 0 radical (unpaired) electrons. The van der Waals surface area contributed by atoms with Gasteiger partial charge in [-0.15, -0.1) is 0 Å². The van der Waals surface area contributed by atoms with E-state index >= 15 is 0 Å². The topological polar surface area (TPSA) is 63.6 Å². The molecule has 0 saturated carbocycles. The van der Waals surface area contributed by atoms with Gasteiger partial charge in [0, 0.05) is 0 Å². The molecule has 4 nitrogen and oxygen atoms in total. The van der Waals surface area contributed by atoms with Crippen molar-refractivity contribution in [1.29, 1.82) is 0 Å². The smallest absolute Gasteiger partial charge is 0.152 e. The molecule has 1 aromatic carbocycles. The van der Waals surface area contributed by atoms with Crippen molar-refractivity contribution in [1.82, 2.24) is 0 Å². The molecule has 0 amide bonds. The fraction of sp³-hybridized carbons (Fsp3) is 0.500. The van der Waals surface area contributed by atoms with Crippen molar-refractivity contribution < 1.29 is 18.3 Å². The van der Waals surface area contributed by atoms with Gasteiger partial charge in [-0.25, -0.2) is 8.42 Å². The third kappa shape index (κ3) is 4.75. The summed E-state index contributed by atoms with van der Waals surface area (Å²) in [4.78, 5) is 0. The Bertz CT molecular complexity index is 440. The Morgan fingerprint density at radius 3 is 2.59 bits per heavy atom. The number of hydrogen-bond acceptors (Lipinski definition) is 4. The SMILES string of the molecule is COc1ccccc1CCCS(=O)(=O)CCO. The van der Waals surface area contributed by atoms with Crippen LogP contribution in [0.15, 0.2) is 24.3 Å². The lowest BCUT2D eigenvalue weighted by atomic mass is 10.1. The van der Waals surface area contributed by atoms with E-state index in [9.17, 15) is 8.42 Å². The van der Waals surface area contributed by atoms with Crippen LogP contribution in [0.3, 0.4) is 0 Å². The van der Waals surface area contributed by atoms with Crippen LogP contribution in [0.25, 0.3) is 0 Å². The number of rotatable bonds is 7. The number of hydrogen-bond donors (Lipinski definition) is 1. The molecular weight excluding hydrogens is 240 g/mol. The van der Waals surface area contributed by atoms with Crippen LogP contribution >= 0.6 is 0 Å². The second-order valence-electron chi connectivity index (χ2n) is 3.79. The van der Waals surface area contributed by atoms with Crippen LogP contribution in [0, 0.1) is 0 Å². The van der Waals surface area contributed by atoms with Crippen LogP contribution in [0.2, 0.25) is 0 Å². The summed E-state index contributed by atoms with van der Waals surface area (Å²) in [5.41, 5.74) is 1.01. The maximum Gasteiger partial charge on any atom is 0.152 e. The minimum Gasteiger partial charge on any atom is -0.496 e. The van der Waals surface area contributed by atoms with Crippen molar-refractivity contribution in [3.63, 3.8) is 0 Å². The van der Waals surface area contributed by atoms with Crippen molar-refractivity contribution in [3.8, 4) is 5.75 Å². The highest BCUT2D eigenvalue weighted by Gasteiger charge is 2.10. The molecule has 0 aliphatic carbocycles. The zero-order valence-corrected chi connectivity index (χ0v) is 10.7. The highest BCUT2D eigenvalue weighted by atomic mass is 32.2. The van der Waals surface area contributed by atoms with E-state index < -0.39 is 9.84 Å². The van der Waals surface area contributed by atoms with Gasteiger partial charge in [0.2, 0.25) is 0 Å². The molecule has 0 spiro atoms. The summed E-state index contributed by atoms with van der Waals surface area (Å²) in [6, 6.07) is 7.57. The molecule has 17 heavy (non-hydrogen) atoms. The third-order valence-electron chi connectivity index (χ3n) is 2.50. The third-order valence-corrected chi connectivity index (χ3v) is 4.21. The van der Waals surface area contributed by atoms with Crippen LogP contribution in [0.4, 0.5) is 0 Å². The fourth-order valence-corrected chi connectivity index (χ4v) is 2.70. The first kappa shape index (κ1) is 14.0. The van der Waals surface area contributed by atoms with E-state index in [0.29, 0.717) is 12.8 Å². The molecule has 0 aliphatic heterocycles. The van der Waals surface area contributed by atoms with Crippen LogP contribution in [0.5, 0.6) is 5.75 Å². The Hall–Kier alpha value is -1.07. The zero-order valence-electron chi connectivity index (χ0n) is 9.93. The van der Waals surface area contributed by atoms with Crippen LogP contribution in [-0.2, 0) is 16.3 Å². The molecule has 96 valence electrons. The van der Waals surface area contributed by atoms with E-state index in [1.54, 1.807) is 7.11 Å². The van der Waals surface area contributed by atoms with Gasteiger partial charge < -0.3 is 9.84 Å². The van der Waals surface area contributed by atoms with Crippen LogP contribution in [0.1, 0.15) is 12.0 Å². The van der Waals surface area contributed by atoms with Gasteiger partial charge in [0.05, 0.1) is 25.2 Å². The van der Waals surface area contributed by atoms with E-state index in [2.05, 4.69) is 0 Å². The Morgan fingerprint density at radius 1 is 1.24 bits per heavy atom. The van der Waals surface area contributed by atoms with Gasteiger partial charge >= 0.3 is 0 Å². The number of aryl methyl sites for hydroxylation is 1. The molecular formula is C12H18O4S. The summed E-state index contributed by atoms with van der Waals surface area (Å²) < 4.78 is 28.0. The lowest BCUT2D eigenvalue weighted by Crippen LogP contribution is -2.14. The molecule has 0 aromatic heterocycles. The molecule has 1 rings (SSSR count). The second-order valence-corrected chi connectivity index (χ2v) is 6.09. The number of benzene rings is 1. The minimum absolute atomic E-state index is 0.103. The summed E-state index contributed by atoms with van der Waals surface area (Å²) in [6.07, 6.45) is 1.21. The maximum absolute atomic E-state index is 11.4. The van der Waals surface area contributed by atoms with E-state index in [-0.39, 0.29) is 18.1 Å². The minimum atomic E-state index is -3.11. The lowest BCUT2D eigenvalue weighted by molar-refractivity contribution is 0.319. The Kier molecular flexibility index (Phi) is 5.44. The highest BCUT2D eigenvalue weighted by molar-refractivity contribution is 7.91. The van der Waals surface area contributed by atoms with Gasteiger partial charge in [0.25, 0.3) is 0 Å². The fourth-order valence-electron chi connectivity index (χ4n) is 1.63. The van der Waals surface area contributed by atoms with Gasteiger partial charge in [0.15, 0.2) is 9.84 Å². The van der Waals surface area contributed by atoms with Crippen molar-refractivity contribution in [2.24, 2.45) is 0 Å². The van der Waals surface area contributed by atoms with Gasteiger partial charge in [-0.3, -0.25) is 0 Å². The number of aliphatic hydroxyl groups is 1. The summed E-state index contributed by atoms with van der Waals surface area (Å²) in [5.74, 6) is 0.733. The van der Waals surface area contributed by atoms with E-state index in [4.69, 9.17) is 9.84 Å². The van der Waals surface area contributed by atoms with E-state index in [1.165, 1.54) is 0 Å². The predicted molar refractivity (Wildman–Crippen MR) is 67.1 cm³/mol. The molecule has 0 bridgehead atoms. The van der Waals surface area contributed by atoms with Crippen molar-refractivity contribution in [3.05, 3.63) is 29.8 Å². The monoisotopic (exact) mass is 258 g/mol. The molecule has 1 aromatic rings. The Morgan fingerprint density at radius 2 is 1.94 bits per heavy atom. The maximum atomic E-state index is 11.4. The van der Waals surface area contributed by atoms with E-state index in [1.807, 2.05) is 24.3 Å². The molecule has 5 heteroatoms. The largest absolute Gasteiger partial charge is 0.496 e. The van der Waals surface area contributed by atoms with Crippen molar-refractivity contribution in [2.45, 2.75) is 12.8 Å². The van der Waals surface area contributed by atoms with Crippen LogP contribution in [-0.4, -0.2) is 38.7 Å². The molecule has 0 fully saturated rings. The van der Waals surface area contributed by atoms with Crippen molar-refractivity contribution in [2.75, 3.05) is 25.2 Å². The predicted octanol–water partition coefficient (Wildman–Crippen LogP) is 1.03. The lowest BCUT2D eigenvalue weighted by Gasteiger charge is -2.07. The molecule has 0 atom stereocenters. The molecule has 1 N–H and O–H groups in total. The zero-order chi connectivity index (χ0) is 12.7. The standard InChI is InChI=1S/C12H18O4S/c1-16-12-7-3-2-5-11(12)6-4-9-17(14,15)10-8-13/h2-3,5,7,13H,4,6,8-10H2,1H3. The average molecular weight is 258 g/mol. The molecule has 0 aliphatic rings. The molecule has 0 unspecified atom stereocenters. The number of ether oxygens (including phenoxy) is 1. The van der Waals surface area contributed by atoms with Gasteiger partial charge in [0.1, 0.15) is 5.75 Å². The first-order valence-electron chi connectivity index (χ1n) is 5.52. The molecule has 0 heterocycles. The Balaban J connectivity index is 2.51. The van der Waals surface area contributed by atoms with Gasteiger partial charge in [-0.05, 0) is 24.5 Å². The summed E-state index contributed by atoms with van der Waals surface area (Å²) in [5, 5.41) is 8.60. The van der Waals surface area contributed by atoms with Gasteiger partial charge in [-0.1, -0.05) is 18.2 Å². The van der Waals surface area contributed by atoms with Crippen molar-refractivity contribution >= 4 is 9.84 Å². The van der Waals surface area contributed by atoms with Crippen LogP contribution < -0.4 is 4.74 Å². The summed E-state index contributed by atoms with van der Waals surface area (Å²) in [6.45, 7) is -0.309. The Labute approximate surface area is 102 Å². The van der Waals surface area contributed by atoms with Gasteiger partial charge in [-0.2, -0.15) is 0 Å². The summed E-state index contributed by atoms with van der Waals surface area (Å²) in [7, 11) is -1.51. The first-order chi connectivity index (χ1) is 8.09. The number of para-hydroxylation sites is 1. The number of aliphatic hydroxyl groups excluding tert-OH is 1. The quantitative estimate of drug-likeness (QED) is 0.793. The molecule has 0 saturated heterocycles. The second kappa shape index (κ2) is 6.61. The number of sulfone groups is 1. The normalized spacial score (nSPS) is 11.4. The van der Waals surface area contributed by atoms with E-state index in [0.717, 1.165) is 11.3 Å². The number of methoxy groups -OCH3 is 1. The highest BCUT2D eigenvalue weighted by Crippen LogP contribution is 2.18. The average Bonchev–Trinajstić information content (AvgIpc) is 2.29. The first-order valence-corrected chi connectivity index (χ1v) is 7.34. The summed E-state index contributed by atoms with van der Waals surface area (Å²) >= 11 is 0.